The smallest absolute Gasteiger partial charge is 0.434 e. The number of hydrogen-bond acceptors (Lipinski definition) is 3. The van der Waals surface area contributed by atoms with Crippen LogP contribution in [0.5, 0.6) is 0 Å². The summed E-state index contributed by atoms with van der Waals surface area (Å²) in [6, 6.07) is 0. The van der Waals surface area contributed by atoms with E-state index in [1.54, 1.807) is 12.0 Å². The number of nitrogens with one attached hydrogen (secondary N) is 2. The molecule has 0 atom stereocenters. The Morgan fingerprint density at radius 3 is 2.87 bits per heavy atom. The molecule has 0 fully saturated rings. The molecule has 1 rings (SSSR count). The van der Waals surface area contributed by atoms with Crippen LogP contribution in [0.3, 0.4) is 0 Å². The predicted molar refractivity (Wildman–Crippen MR) is 44.2 cm³/mol. The van der Waals surface area contributed by atoms with Crippen LogP contribution >= 0.6 is 0 Å². The molecule has 5 nitrogen and oxygen atoms in total. The molecule has 0 spiro atoms. The van der Waals surface area contributed by atoms with E-state index in [9.17, 15) is 18.0 Å². The quantitative estimate of drug-likeness (QED) is 0.805. The van der Waals surface area contributed by atoms with Gasteiger partial charge in [0.25, 0.3) is 0 Å². The lowest BCUT2D eigenvalue weighted by Gasteiger charge is -2.07. The number of hydrogen-bond donors (Lipinski definition) is 2. The van der Waals surface area contributed by atoms with E-state index in [4.69, 9.17) is 0 Å². The van der Waals surface area contributed by atoms with Crippen molar-refractivity contribution in [1.29, 1.82) is 0 Å². The summed E-state index contributed by atoms with van der Waals surface area (Å²) in [5.74, 6) is 0. The topological polar surface area (TPSA) is 67.0 Å². The van der Waals surface area contributed by atoms with Gasteiger partial charge in [0.05, 0.1) is 18.5 Å². The molecule has 1 amide bonds. The summed E-state index contributed by atoms with van der Waals surface area (Å²) < 4.78 is 41.2. The molecule has 15 heavy (non-hydrogen) atoms. The van der Waals surface area contributed by atoms with Crippen LogP contribution in [0.1, 0.15) is 12.6 Å². The monoisotopic (exact) mass is 223 g/mol. The third kappa shape index (κ3) is 2.86. The standard InChI is InChI=1S/C7H8F3N3O2/c1-2-15-6(14)12-4-3-11-13-5(4)7(8,9)10/h3H,2H2,1H3,(H,11,13)(H,12,14). The van der Waals surface area contributed by atoms with Crippen LogP contribution in [0.4, 0.5) is 23.7 Å². The van der Waals surface area contributed by atoms with Gasteiger partial charge in [0.2, 0.25) is 0 Å². The second-order valence-corrected chi connectivity index (χ2v) is 2.50. The van der Waals surface area contributed by atoms with E-state index in [2.05, 4.69) is 9.84 Å². The van der Waals surface area contributed by atoms with Gasteiger partial charge in [0, 0.05) is 0 Å². The van der Waals surface area contributed by atoms with Gasteiger partial charge in [-0.1, -0.05) is 0 Å². The minimum absolute atomic E-state index is 0.0744. The Morgan fingerprint density at radius 1 is 1.67 bits per heavy atom. The fraction of sp³-hybridized carbons (Fsp3) is 0.429. The second-order valence-electron chi connectivity index (χ2n) is 2.50. The molecule has 2 N–H and O–H groups in total. The number of H-pyrrole nitrogens is 1. The van der Waals surface area contributed by atoms with E-state index in [0.29, 0.717) is 0 Å². The zero-order valence-electron chi connectivity index (χ0n) is 7.68. The van der Waals surface area contributed by atoms with Crippen LogP contribution < -0.4 is 5.32 Å². The fourth-order valence-electron chi connectivity index (χ4n) is 0.874. The van der Waals surface area contributed by atoms with Crippen molar-refractivity contribution in [3.05, 3.63) is 11.9 Å². The number of aromatic nitrogens is 2. The van der Waals surface area contributed by atoms with Crippen molar-refractivity contribution >= 4 is 11.8 Å². The Kier molecular flexibility index (Phi) is 3.17. The maximum atomic E-state index is 12.3. The Labute approximate surface area is 82.6 Å². The van der Waals surface area contributed by atoms with Gasteiger partial charge in [0.1, 0.15) is 0 Å². The van der Waals surface area contributed by atoms with Gasteiger partial charge in [-0.15, -0.1) is 0 Å². The first-order chi connectivity index (χ1) is 6.95. The largest absolute Gasteiger partial charge is 0.450 e. The molecule has 0 aliphatic carbocycles. The summed E-state index contributed by atoms with van der Waals surface area (Å²) in [6.07, 6.45) is -4.69. The van der Waals surface area contributed by atoms with Gasteiger partial charge in [0.15, 0.2) is 5.69 Å². The molecule has 0 aliphatic rings. The number of alkyl halides is 3. The third-order valence-electron chi connectivity index (χ3n) is 1.43. The third-order valence-corrected chi connectivity index (χ3v) is 1.43. The summed E-state index contributed by atoms with van der Waals surface area (Å²) >= 11 is 0. The summed E-state index contributed by atoms with van der Waals surface area (Å²) in [6.45, 7) is 1.62. The Hall–Kier alpha value is -1.73. The maximum Gasteiger partial charge on any atom is 0.434 e. The van der Waals surface area contributed by atoms with Gasteiger partial charge < -0.3 is 4.74 Å². The number of anilines is 1. The molecule has 0 aliphatic heterocycles. The van der Waals surface area contributed by atoms with Crippen LogP contribution in [-0.4, -0.2) is 22.9 Å². The molecule has 0 aromatic carbocycles. The van der Waals surface area contributed by atoms with Crippen LogP contribution in [0.2, 0.25) is 0 Å². The van der Waals surface area contributed by atoms with Crippen LogP contribution in [-0.2, 0) is 10.9 Å². The average molecular weight is 223 g/mol. The summed E-state index contributed by atoms with van der Waals surface area (Å²) in [7, 11) is 0. The van der Waals surface area contributed by atoms with Crippen molar-refractivity contribution in [2.45, 2.75) is 13.1 Å². The van der Waals surface area contributed by atoms with E-state index < -0.39 is 23.7 Å². The minimum Gasteiger partial charge on any atom is -0.450 e. The molecule has 0 radical (unpaired) electrons. The van der Waals surface area contributed by atoms with E-state index in [1.807, 2.05) is 5.32 Å². The Morgan fingerprint density at radius 2 is 2.33 bits per heavy atom. The fourth-order valence-corrected chi connectivity index (χ4v) is 0.874. The number of carbonyl (C=O) groups is 1. The zero-order valence-corrected chi connectivity index (χ0v) is 7.68. The van der Waals surface area contributed by atoms with Gasteiger partial charge in [-0.05, 0) is 6.92 Å². The molecule has 1 heterocycles. The number of aromatic amines is 1. The lowest BCUT2D eigenvalue weighted by Crippen LogP contribution is -2.16. The highest BCUT2D eigenvalue weighted by Crippen LogP contribution is 2.32. The zero-order chi connectivity index (χ0) is 11.5. The first kappa shape index (κ1) is 11.3. The first-order valence-corrected chi connectivity index (χ1v) is 3.99. The SMILES string of the molecule is CCOC(=O)Nc1cn[nH]c1C(F)(F)F. The summed E-state index contributed by atoms with van der Waals surface area (Å²) in [5.41, 5.74) is -1.57. The molecule has 84 valence electrons. The van der Waals surface area contributed by atoms with Crippen molar-refractivity contribution in [2.24, 2.45) is 0 Å². The van der Waals surface area contributed by atoms with E-state index in [1.165, 1.54) is 0 Å². The number of ether oxygens (including phenoxy) is 1. The van der Waals surface area contributed by atoms with E-state index in [-0.39, 0.29) is 6.61 Å². The highest BCUT2D eigenvalue weighted by atomic mass is 19.4. The minimum atomic E-state index is -4.59. The van der Waals surface area contributed by atoms with Crippen molar-refractivity contribution in [3.8, 4) is 0 Å². The van der Waals surface area contributed by atoms with Gasteiger partial charge in [-0.3, -0.25) is 10.4 Å². The normalized spacial score (nSPS) is 11.2. The van der Waals surface area contributed by atoms with E-state index in [0.717, 1.165) is 6.20 Å². The van der Waals surface area contributed by atoms with Crippen LogP contribution in [0.25, 0.3) is 0 Å². The van der Waals surface area contributed by atoms with E-state index >= 15 is 0 Å². The summed E-state index contributed by atoms with van der Waals surface area (Å²) in [4.78, 5) is 10.8. The van der Waals surface area contributed by atoms with Gasteiger partial charge in [-0.2, -0.15) is 18.3 Å². The van der Waals surface area contributed by atoms with Crippen molar-refractivity contribution in [2.75, 3.05) is 11.9 Å². The van der Waals surface area contributed by atoms with Crippen molar-refractivity contribution in [3.63, 3.8) is 0 Å². The number of rotatable bonds is 2. The predicted octanol–water partition coefficient (Wildman–Crippen LogP) is 2.00. The average Bonchev–Trinajstić information content (AvgIpc) is 2.51. The number of nitrogens with zero attached hydrogens (tertiary/aromatic N) is 1. The lowest BCUT2D eigenvalue weighted by molar-refractivity contribution is -0.140. The van der Waals surface area contributed by atoms with Crippen LogP contribution in [0.15, 0.2) is 6.20 Å². The molecular weight excluding hydrogens is 215 g/mol. The Balaban J connectivity index is 2.78. The van der Waals surface area contributed by atoms with Gasteiger partial charge >= 0.3 is 12.3 Å². The molecule has 0 bridgehead atoms. The number of amides is 1. The first-order valence-electron chi connectivity index (χ1n) is 3.99. The second kappa shape index (κ2) is 4.20. The highest BCUT2D eigenvalue weighted by Gasteiger charge is 2.36. The molecule has 8 heteroatoms. The van der Waals surface area contributed by atoms with Crippen molar-refractivity contribution in [1.82, 2.24) is 10.2 Å². The number of carbonyl (C=O) groups excluding carboxylic acids is 1. The Bertz CT molecular complexity index is 347. The maximum absolute atomic E-state index is 12.3. The molecule has 0 unspecified atom stereocenters. The molecule has 1 aromatic rings. The molecule has 1 aromatic heterocycles. The molecule has 0 saturated carbocycles. The highest BCUT2D eigenvalue weighted by molar-refractivity contribution is 5.85. The number of halogens is 3. The summed E-state index contributed by atoms with van der Waals surface area (Å²) in [5, 5.41) is 6.86. The molecular formula is C7H8F3N3O2. The molecule has 0 saturated heterocycles. The van der Waals surface area contributed by atoms with Crippen molar-refractivity contribution < 1.29 is 22.7 Å². The lowest BCUT2D eigenvalue weighted by atomic mass is 10.3. The van der Waals surface area contributed by atoms with Crippen LogP contribution in [0, 0.1) is 0 Å². The van der Waals surface area contributed by atoms with Gasteiger partial charge in [-0.25, -0.2) is 4.79 Å².